The molecule has 10 heteroatoms. The predicted molar refractivity (Wildman–Crippen MR) is 93.4 cm³/mol. The Morgan fingerprint density at radius 3 is 1.21 bits per heavy atom. The maximum absolute atomic E-state index is 9.69. The smallest absolute Gasteiger partial charge is 0.307 e. The molecule has 0 aromatic rings. The minimum Gasteiger partial charge on any atom is -0.388 e. The van der Waals surface area contributed by atoms with Crippen LogP contribution in [0.4, 0.5) is 0 Å². The first-order valence-electron chi connectivity index (χ1n) is 8.49. The molecular weight excluding hydrogens is 316 g/mol. The number of ether oxygens (including phenoxy) is 3. The molecule has 0 atom stereocenters. The van der Waals surface area contributed by atoms with E-state index in [9.17, 15) is 5.11 Å². The molecule has 0 fully saturated rings. The molecule has 0 saturated heterocycles. The van der Waals surface area contributed by atoms with Crippen LogP contribution in [0.25, 0.3) is 0 Å². The molecule has 0 aromatic heterocycles. The lowest BCUT2D eigenvalue weighted by molar-refractivity contribution is -0.389. The summed E-state index contributed by atoms with van der Waals surface area (Å²) in [5.41, 5.74) is 16.2. The second-order valence-corrected chi connectivity index (χ2v) is 5.00. The average Bonchev–Trinajstić information content (AvgIpc) is 2.60. The quantitative estimate of drug-likeness (QED) is 0.0910. The summed E-state index contributed by atoms with van der Waals surface area (Å²) in [5, 5.41) is 19.0. The van der Waals surface area contributed by atoms with Crippen LogP contribution in [0, 0.1) is 0 Å². The molecule has 10 N–H and O–H groups in total. The number of hydrogen-bond donors (Lipinski definition) is 7. The molecule has 0 rings (SSSR count). The van der Waals surface area contributed by atoms with Crippen LogP contribution >= 0.6 is 0 Å². The molecule has 0 heterocycles. The SMILES string of the molecule is NCCNCCOC(CO)(OCCNCCN)OCCNCCN. The molecule has 0 aliphatic carbocycles. The Morgan fingerprint density at radius 1 is 0.625 bits per heavy atom. The van der Waals surface area contributed by atoms with Crippen molar-refractivity contribution in [2.24, 2.45) is 17.2 Å². The summed E-state index contributed by atoms with van der Waals surface area (Å²) in [5.74, 6) is -1.47. The van der Waals surface area contributed by atoms with Crippen molar-refractivity contribution in [3.05, 3.63) is 0 Å². The molecule has 24 heavy (non-hydrogen) atoms. The molecule has 0 aliphatic heterocycles. The van der Waals surface area contributed by atoms with Gasteiger partial charge in [-0.1, -0.05) is 0 Å². The number of rotatable bonds is 19. The highest BCUT2D eigenvalue weighted by Gasteiger charge is 2.32. The zero-order valence-corrected chi connectivity index (χ0v) is 14.6. The number of aliphatic hydroxyl groups excluding tert-OH is 1. The van der Waals surface area contributed by atoms with Crippen molar-refractivity contribution in [2.45, 2.75) is 5.97 Å². The van der Waals surface area contributed by atoms with Gasteiger partial charge in [0.2, 0.25) is 0 Å². The number of nitrogens with one attached hydrogen (secondary N) is 3. The van der Waals surface area contributed by atoms with Gasteiger partial charge in [0, 0.05) is 58.9 Å². The van der Waals surface area contributed by atoms with Crippen molar-refractivity contribution in [1.82, 2.24) is 16.0 Å². The van der Waals surface area contributed by atoms with Crippen LogP contribution < -0.4 is 33.2 Å². The summed E-state index contributed by atoms with van der Waals surface area (Å²) in [4.78, 5) is 0. The largest absolute Gasteiger partial charge is 0.388 e. The van der Waals surface area contributed by atoms with Gasteiger partial charge in [-0.2, -0.15) is 0 Å². The zero-order valence-electron chi connectivity index (χ0n) is 14.6. The van der Waals surface area contributed by atoms with Crippen molar-refractivity contribution < 1.29 is 19.3 Å². The van der Waals surface area contributed by atoms with Crippen molar-refractivity contribution in [2.75, 3.05) is 85.3 Å². The standard InChI is InChI=1S/C14H36N6O4/c15-1-4-18-7-10-22-14(13-21,23-11-8-19-5-2-16)24-12-9-20-6-3-17/h18-21H,1-13,15-17H2. The molecular formula is C14H36N6O4. The number of aliphatic hydroxyl groups is 1. The van der Waals surface area contributed by atoms with Crippen LogP contribution in [-0.2, 0) is 14.2 Å². The molecule has 146 valence electrons. The molecule has 0 saturated carbocycles. The van der Waals surface area contributed by atoms with Gasteiger partial charge in [-0.15, -0.1) is 0 Å². The van der Waals surface area contributed by atoms with Crippen molar-refractivity contribution >= 4 is 0 Å². The van der Waals surface area contributed by atoms with Gasteiger partial charge < -0.3 is 52.5 Å². The van der Waals surface area contributed by atoms with Crippen LogP contribution in [0.15, 0.2) is 0 Å². The highest BCUT2D eigenvalue weighted by atomic mass is 16.9. The lowest BCUT2D eigenvalue weighted by Crippen LogP contribution is -2.47. The van der Waals surface area contributed by atoms with Crippen LogP contribution in [-0.4, -0.2) is 96.4 Å². The Balaban J connectivity index is 4.23. The summed E-state index contributed by atoms with van der Waals surface area (Å²) in [6.45, 7) is 6.08. The van der Waals surface area contributed by atoms with E-state index in [1.807, 2.05) is 0 Å². The fourth-order valence-electron chi connectivity index (χ4n) is 1.78. The topological polar surface area (TPSA) is 162 Å². The minimum atomic E-state index is -1.47. The van der Waals surface area contributed by atoms with E-state index in [0.717, 1.165) is 0 Å². The van der Waals surface area contributed by atoms with E-state index in [1.54, 1.807) is 0 Å². The third-order valence-electron chi connectivity index (χ3n) is 2.96. The van der Waals surface area contributed by atoms with Gasteiger partial charge in [-0.3, -0.25) is 0 Å². The van der Waals surface area contributed by atoms with Crippen LogP contribution in [0.2, 0.25) is 0 Å². The Labute approximate surface area is 144 Å². The first-order valence-corrected chi connectivity index (χ1v) is 8.49. The molecule has 10 nitrogen and oxygen atoms in total. The van der Waals surface area contributed by atoms with Gasteiger partial charge in [-0.25, -0.2) is 0 Å². The fourth-order valence-corrected chi connectivity index (χ4v) is 1.78. The van der Waals surface area contributed by atoms with E-state index in [-0.39, 0.29) is 0 Å². The van der Waals surface area contributed by atoms with Crippen molar-refractivity contribution in [1.29, 1.82) is 0 Å². The zero-order chi connectivity index (χ0) is 17.9. The van der Waals surface area contributed by atoms with Crippen LogP contribution in [0.1, 0.15) is 0 Å². The van der Waals surface area contributed by atoms with Gasteiger partial charge >= 0.3 is 5.97 Å². The average molecular weight is 352 g/mol. The summed E-state index contributed by atoms with van der Waals surface area (Å²) in [7, 11) is 0. The van der Waals surface area contributed by atoms with Crippen molar-refractivity contribution in [3.8, 4) is 0 Å². The summed E-state index contributed by atoms with van der Waals surface area (Å²) >= 11 is 0. The lowest BCUT2D eigenvalue weighted by atomic mass is 10.5. The summed E-state index contributed by atoms with van der Waals surface area (Å²) in [6, 6.07) is 0. The van der Waals surface area contributed by atoms with Gasteiger partial charge in [0.05, 0.1) is 19.8 Å². The van der Waals surface area contributed by atoms with E-state index in [0.29, 0.717) is 78.7 Å². The number of nitrogens with two attached hydrogens (primary N) is 3. The first-order chi connectivity index (χ1) is 11.7. The Morgan fingerprint density at radius 2 is 0.958 bits per heavy atom. The second kappa shape index (κ2) is 17.4. The van der Waals surface area contributed by atoms with Gasteiger partial charge in [0.1, 0.15) is 6.61 Å². The Kier molecular flexibility index (Phi) is 17.1. The van der Waals surface area contributed by atoms with E-state index in [4.69, 9.17) is 31.4 Å². The lowest BCUT2D eigenvalue weighted by Gasteiger charge is -2.31. The maximum Gasteiger partial charge on any atom is 0.307 e. The monoisotopic (exact) mass is 352 g/mol. The van der Waals surface area contributed by atoms with Crippen LogP contribution in [0.5, 0.6) is 0 Å². The molecule has 0 unspecified atom stereocenters. The molecule has 0 amide bonds. The van der Waals surface area contributed by atoms with Crippen LogP contribution in [0.3, 0.4) is 0 Å². The summed E-state index contributed by atoms with van der Waals surface area (Å²) in [6.07, 6.45) is 0. The number of hydrogen-bond acceptors (Lipinski definition) is 10. The Hall–Kier alpha value is -0.400. The van der Waals surface area contributed by atoms with E-state index >= 15 is 0 Å². The maximum atomic E-state index is 9.69. The van der Waals surface area contributed by atoms with Gasteiger partial charge in [-0.05, 0) is 0 Å². The highest BCUT2D eigenvalue weighted by Crippen LogP contribution is 2.14. The molecule has 0 radical (unpaired) electrons. The van der Waals surface area contributed by atoms with Gasteiger partial charge in [0.25, 0.3) is 0 Å². The van der Waals surface area contributed by atoms with Crippen molar-refractivity contribution in [3.63, 3.8) is 0 Å². The van der Waals surface area contributed by atoms with E-state index in [1.165, 1.54) is 0 Å². The minimum absolute atomic E-state index is 0.326. The normalized spacial score (nSPS) is 12.0. The van der Waals surface area contributed by atoms with E-state index < -0.39 is 12.6 Å². The Bertz CT molecular complexity index is 227. The first kappa shape index (κ1) is 23.6. The second-order valence-electron chi connectivity index (χ2n) is 5.00. The fraction of sp³-hybridized carbons (Fsp3) is 1.00. The predicted octanol–water partition coefficient (Wildman–Crippen LogP) is -3.67. The molecule has 0 spiro atoms. The third-order valence-corrected chi connectivity index (χ3v) is 2.96. The summed E-state index contributed by atoms with van der Waals surface area (Å²) < 4.78 is 16.9. The third kappa shape index (κ3) is 13.0. The van der Waals surface area contributed by atoms with Gasteiger partial charge in [0.15, 0.2) is 0 Å². The van der Waals surface area contributed by atoms with E-state index in [2.05, 4.69) is 16.0 Å². The highest BCUT2D eigenvalue weighted by molar-refractivity contribution is 4.60. The molecule has 0 aliphatic rings. The molecule has 0 bridgehead atoms. The molecule has 0 aromatic carbocycles.